The first kappa shape index (κ1) is 17.7. The molecule has 2 fully saturated rings. The van der Waals surface area contributed by atoms with Gasteiger partial charge in [0, 0.05) is 39.3 Å². The van der Waals surface area contributed by atoms with E-state index in [1.54, 1.807) is 18.4 Å². The van der Waals surface area contributed by atoms with E-state index in [0.29, 0.717) is 6.54 Å². The number of rotatable bonds is 3. The molecule has 0 aromatic carbocycles. The number of hydrogen-bond donors (Lipinski definition) is 0. The molecule has 1 amide bonds. The summed E-state index contributed by atoms with van der Waals surface area (Å²) >= 11 is 0. The minimum absolute atomic E-state index is 0.315. The van der Waals surface area contributed by atoms with Crippen molar-refractivity contribution in [3.05, 3.63) is 0 Å². The van der Waals surface area contributed by atoms with Gasteiger partial charge in [-0.1, -0.05) is 19.3 Å². The zero-order valence-corrected chi connectivity index (χ0v) is 15.0. The van der Waals surface area contributed by atoms with Crippen LogP contribution in [0, 0.1) is 0 Å². The first-order chi connectivity index (χ1) is 10.2. The number of piperazine rings is 1. The molecular weight excluding hydrogens is 302 g/mol. The molecule has 1 heterocycles. The number of nitrogens with zero attached hydrogens (tertiary/aromatic N) is 3. The van der Waals surface area contributed by atoms with Crippen molar-refractivity contribution in [2.24, 2.45) is 0 Å². The van der Waals surface area contributed by atoms with Crippen molar-refractivity contribution in [3.63, 3.8) is 0 Å². The van der Waals surface area contributed by atoms with E-state index in [2.05, 4.69) is 11.9 Å². The van der Waals surface area contributed by atoms with E-state index < -0.39 is 15.3 Å². The highest BCUT2D eigenvalue weighted by atomic mass is 32.2. The van der Waals surface area contributed by atoms with Crippen LogP contribution in [0.5, 0.6) is 0 Å². The minimum atomic E-state index is -3.62. The Labute approximate surface area is 134 Å². The van der Waals surface area contributed by atoms with Crippen LogP contribution in [0.3, 0.4) is 0 Å². The molecule has 1 aliphatic heterocycles. The summed E-state index contributed by atoms with van der Waals surface area (Å²) in [4.78, 5) is 15.8. The first-order valence-corrected chi connectivity index (χ1v) is 9.62. The normalized spacial score (nSPS) is 25.1. The molecule has 128 valence electrons. The quantitative estimate of drug-likeness (QED) is 0.765. The fourth-order valence-corrected chi connectivity index (χ4v) is 5.82. The second-order valence-corrected chi connectivity index (χ2v) is 9.19. The third-order valence-corrected chi connectivity index (χ3v) is 7.38. The van der Waals surface area contributed by atoms with E-state index in [-0.39, 0.29) is 11.4 Å². The molecule has 0 aromatic heterocycles. The van der Waals surface area contributed by atoms with Gasteiger partial charge >= 0.3 is 0 Å². The summed E-state index contributed by atoms with van der Waals surface area (Å²) in [6, 6.07) is 0. The van der Waals surface area contributed by atoms with Gasteiger partial charge in [0.05, 0.1) is 0 Å². The Balaban J connectivity index is 2.32. The van der Waals surface area contributed by atoms with Crippen LogP contribution in [0.25, 0.3) is 0 Å². The Morgan fingerprint density at radius 3 is 2.27 bits per heavy atom. The van der Waals surface area contributed by atoms with Crippen molar-refractivity contribution in [2.45, 2.75) is 49.8 Å². The number of likely N-dealkylation sites (N-methyl/N-ethyl adjacent to an activating group) is 1. The topological polar surface area (TPSA) is 60.9 Å². The summed E-state index contributed by atoms with van der Waals surface area (Å²) in [5, 5.41) is -1.01. The molecule has 1 saturated heterocycles. The van der Waals surface area contributed by atoms with Gasteiger partial charge < -0.3 is 9.80 Å². The van der Waals surface area contributed by atoms with Crippen molar-refractivity contribution in [1.82, 2.24) is 14.1 Å². The van der Waals surface area contributed by atoms with Gasteiger partial charge in [-0.05, 0) is 26.8 Å². The molecule has 2 aliphatic rings. The van der Waals surface area contributed by atoms with Gasteiger partial charge in [0.2, 0.25) is 15.9 Å². The molecule has 22 heavy (non-hydrogen) atoms. The van der Waals surface area contributed by atoms with Gasteiger partial charge in [-0.2, -0.15) is 4.31 Å². The Kier molecular flexibility index (Phi) is 5.19. The van der Waals surface area contributed by atoms with Crippen LogP contribution >= 0.6 is 0 Å². The van der Waals surface area contributed by atoms with Crippen LogP contribution in [0.15, 0.2) is 0 Å². The Morgan fingerprint density at radius 2 is 1.73 bits per heavy atom. The lowest BCUT2D eigenvalue weighted by Crippen LogP contribution is -2.65. The Morgan fingerprint density at radius 1 is 1.14 bits per heavy atom. The number of amides is 1. The van der Waals surface area contributed by atoms with Gasteiger partial charge in [0.25, 0.3) is 0 Å². The second kappa shape index (κ2) is 6.45. The highest BCUT2D eigenvalue weighted by Crippen LogP contribution is 2.38. The van der Waals surface area contributed by atoms with Crippen LogP contribution in [0.1, 0.15) is 39.0 Å². The summed E-state index contributed by atoms with van der Waals surface area (Å²) in [6.45, 7) is 3.51. The van der Waals surface area contributed by atoms with E-state index in [1.165, 1.54) is 18.2 Å². The van der Waals surface area contributed by atoms with Gasteiger partial charge in [0.15, 0.2) is 5.25 Å². The van der Waals surface area contributed by atoms with Crippen LogP contribution in [0.4, 0.5) is 0 Å². The van der Waals surface area contributed by atoms with Gasteiger partial charge in [-0.25, -0.2) is 8.42 Å². The maximum absolute atomic E-state index is 13.1. The minimum Gasteiger partial charge on any atom is -0.348 e. The lowest BCUT2D eigenvalue weighted by atomic mass is 9.80. The largest absolute Gasteiger partial charge is 0.348 e. The molecule has 1 atom stereocenters. The summed E-state index contributed by atoms with van der Waals surface area (Å²) in [5.41, 5.74) is -0.315. The van der Waals surface area contributed by atoms with Crippen molar-refractivity contribution in [1.29, 1.82) is 0 Å². The second-order valence-electron chi connectivity index (χ2n) is 7.01. The zero-order valence-electron chi connectivity index (χ0n) is 14.2. The lowest BCUT2D eigenvalue weighted by Gasteiger charge is -2.51. The van der Waals surface area contributed by atoms with E-state index in [4.69, 9.17) is 0 Å². The van der Waals surface area contributed by atoms with Gasteiger partial charge in [-0.3, -0.25) is 4.79 Å². The van der Waals surface area contributed by atoms with Crippen LogP contribution < -0.4 is 0 Å². The highest BCUT2D eigenvalue weighted by Gasteiger charge is 2.49. The molecule has 0 unspecified atom stereocenters. The van der Waals surface area contributed by atoms with Gasteiger partial charge in [-0.15, -0.1) is 0 Å². The SMILES string of the molecule is C[C@H](C(=O)N(C)C)S(=O)(=O)N1CCN(C)CC12CCCCC2. The summed E-state index contributed by atoms with van der Waals surface area (Å²) in [7, 11) is 1.64. The number of hydrogen-bond acceptors (Lipinski definition) is 4. The third kappa shape index (κ3) is 3.16. The smallest absolute Gasteiger partial charge is 0.241 e. The average Bonchev–Trinajstić information content (AvgIpc) is 2.45. The Bertz CT molecular complexity index is 512. The average molecular weight is 331 g/mol. The van der Waals surface area contributed by atoms with Crippen molar-refractivity contribution in [3.8, 4) is 0 Å². The molecule has 1 spiro atoms. The molecule has 6 nitrogen and oxygen atoms in total. The third-order valence-electron chi connectivity index (χ3n) is 5.10. The van der Waals surface area contributed by atoms with Crippen LogP contribution in [-0.2, 0) is 14.8 Å². The standard InChI is InChI=1S/C15H29N3O3S/c1-13(14(19)16(2)3)22(20,21)18-11-10-17(4)12-15(18)8-6-5-7-9-15/h13H,5-12H2,1-4H3/t13-/m1/s1. The zero-order chi connectivity index (χ0) is 16.5. The Hall–Kier alpha value is -0.660. The summed E-state index contributed by atoms with van der Waals surface area (Å²) in [6.07, 6.45) is 5.11. The van der Waals surface area contributed by atoms with E-state index in [0.717, 1.165) is 38.8 Å². The summed E-state index contributed by atoms with van der Waals surface area (Å²) in [5.74, 6) is -0.343. The fraction of sp³-hybridized carbons (Fsp3) is 0.933. The van der Waals surface area contributed by atoms with Crippen LogP contribution in [0.2, 0.25) is 0 Å². The molecule has 0 radical (unpaired) electrons. The maximum atomic E-state index is 13.1. The maximum Gasteiger partial charge on any atom is 0.241 e. The van der Waals surface area contributed by atoms with Crippen molar-refractivity contribution >= 4 is 15.9 Å². The fourth-order valence-electron chi connectivity index (χ4n) is 3.86. The van der Waals surface area contributed by atoms with Gasteiger partial charge in [0.1, 0.15) is 0 Å². The molecule has 0 bridgehead atoms. The predicted octanol–water partition coefficient (Wildman–Crippen LogP) is 0.743. The molecule has 0 aromatic rings. The monoisotopic (exact) mass is 331 g/mol. The van der Waals surface area contributed by atoms with E-state index in [9.17, 15) is 13.2 Å². The number of sulfonamides is 1. The van der Waals surface area contributed by atoms with E-state index in [1.807, 2.05) is 0 Å². The molecule has 7 heteroatoms. The molecule has 0 N–H and O–H groups in total. The summed E-state index contributed by atoms with van der Waals surface area (Å²) < 4.78 is 27.8. The van der Waals surface area contributed by atoms with Crippen LogP contribution in [-0.4, -0.2) is 80.0 Å². The predicted molar refractivity (Wildman–Crippen MR) is 87.1 cm³/mol. The number of carbonyl (C=O) groups excluding carboxylic acids is 1. The van der Waals surface area contributed by atoms with E-state index >= 15 is 0 Å². The molecule has 1 saturated carbocycles. The number of carbonyl (C=O) groups is 1. The molecule has 1 aliphatic carbocycles. The van der Waals surface area contributed by atoms with Crippen molar-refractivity contribution in [2.75, 3.05) is 40.8 Å². The lowest BCUT2D eigenvalue weighted by molar-refractivity contribution is -0.128. The highest BCUT2D eigenvalue weighted by molar-refractivity contribution is 7.90. The van der Waals surface area contributed by atoms with Crippen molar-refractivity contribution < 1.29 is 13.2 Å². The molecular formula is C15H29N3O3S. The first-order valence-electron chi connectivity index (χ1n) is 8.12. The molecule has 2 rings (SSSR count).